The van der Waals surface area contributed by atoms with E-state index in [2.05, 4.69) is 0 Å². The molecule has 0 radical (unpaired) electrons. The van der Waals surface area contributed by atoms with E-state index >= 15 is 0 Å². The van der Waals surface area contributed by atoms with E-state index < -0.39 is 31.2 Å². The normalized spacial score (nSPS) is 23.6. The fourth-order valence-electron chi connectivity index (χ4n) is 3.87. The summed E-state index contributed by atoms with van der Waals surface area (Å²) >= 11 is 0. The van der Waals surface area contributed by atoms with Crippen LogP contribution in [0.15, 0.2) is 35.6 Å². The largest absolute Gasteiger partial charge is 0.535 e. The third kappa shape index (κ3) is 3.52. The van der Waals surface area contributed by atoms with Gasteiger partial charge in [0.15, 0.2) is 0 Å². The number of aryl methyl sites for hydroxylation is 1. The molecule has 2 heterocycles. The number of carboxylic acids is 1. The summed E-state index contributed by atoms with van der Waals surface area (Å²) in [6, 6.07) is 3.29. The van der Waals surface area contributed by atoms with E-state index in [4.69, 9.17) is 9.39 Å². The number of aromatic carboxylic acids is 1. The number of fused-ring (bicyclic) bond motifs is 1. The van der Waals surface area contributed by atoms with Crippen molar-refractivity contribution in [1.82, 2.24) is 4.90 Å². The van der Waals surface area contributed by atoms with Gasteiger partial charge < -0.3 is 34.6 Å². The van der Waals surface area contributed by atoms with E-state index in [1.54, 1.807) is 19.1 Å². The number of carbonyl (C=O) groups is 2. The molecule has 3 aliphatic rings. The van der Waals surface area contributed by atoms with E-state index in [0.29, 0.717) is 23.9 Å². The zero-order valence-corrected chi connectivity index (χ0v) is 16.3. The highest BCUT2D eigenvalue weighted by Crippen LogP contribution is 2.37. The maximum Gasteiger partial charge on any atom is 0.522 e. The zero-order valence-electron chi connectivity index (χ0n) is 16.3. The first-order valence-corrected chi connectivity index (χ1v) is 9.75. The lowest BCUT2D eigenvalue weighted by molar-refractivity contribution is -0.136. The highest BCUT2D eigenvalue weighted by molar-refractivity contribution is 6.44. The minimum absolute atomic E-state index is 0.118. The van der Waals surface area contributed by atoms with Crippen molar-refractivity contribution >= 4 is 19.0 Å². The van der Waals surface area contributed by atoms with E-state index in [1.807, 2.05) is 0 Å². The maximum atomic E-state index is 12.7. The van der Waals surface area contributed by atoms with Crippen molar-refractivity contribution in [3.05, 3.63) is 46.7 Å². The van der Waals surface area contributed by atoms with Crippen LogP contribution in [0.2, 0.25) is 6.32 Å². The average Bonchev–Trinajstić information content (AvgIpc) is 2.67. The van der Waals surface area contributed by atoms with E-state index in [0.717, 1.165) is 0 Å². The second-order valence-corrected chi connectivity index (χ2v) is 7.74. The van der Waals surface area contributed by atoms with Crippen LogP contribution in [-0.4, -0.2) is 69.5 Å². The Bertz CT molecular complexity index is 952. The number of carboxylic acid groups (broad SMARTS) is 1. The number of hydrogen-bond acceptors (Lipinski definition) is 7. The first kappa shape index (κ1) is 20.3. The fraction of sp³-hybridized carbons (Fsp3) is 0.400. The summed E-state index contributed by atoms with van der Waals surface area (Å²) in [5.74, 6) is -1.95. The average molecular weight is 415 g/mol. The molecule has 1 aromatic carbocycles. The molecular weight excluding hydrogens is 393 g/mol. The third-order valence-corrected chi connectivity index (χ3v) is 5.71. The number of allylic oxidation sites excluding steroid dienone is 2. The first-order chi connectivity index (χ1) is 14.3. The molecule has 2 unspecified atom stereocenters. The van der Waals surface area contributed by atoms with Gasteiger partial charge in [-0.25, -0.2) is 4.79 Å². The van der Waals surface area contributed by atoms with Gasteiger partial charge in [-0.15, -0.1) is 0 Å². The van der Waals surface area contributed by atoms with Gasteiger partial charge in [0.2, 0.25) is 5.91 Å². The molecule has 4 N–H and O–H groups in total. The van der Waals surface area contributed by atoms with Crippen LogP contribution in [0.1, 0.15) is 22.8 Å². The topological polar surface area (TPSA) is 137 Å². The van der Waals surface area contributed by atoms with Crippen molar-refractivity contribution in [2.45, 2.75) is 31.9 Å². The number of aliphatic hydroxyl groups is 2. The quantitative estimate of drug-likeness (QED) is 0.530. The second kappa shape index (κ2) is 7.69. The lowest BCUT2D eigenvalue weighted by Gasteiger charge is -2.41. The van der Waals surface area contributed by atoms with Crippen LogP contribution in [0.5, 0.6) is 11.5 Å². The standard InChI is InChI=1S/C20H22BNO8/c1-10-13(3-4-14(23)17(10)24)19(25)22-8-12(9-22)29-15-5-2-11-6-7-21(28)30-18(11)16(15)20(26)27/h2-5,10,12,17,23-24,28H,6-9H2,1H3,(H,26,27). The molecule has 1 saturated heterocycles. The molecule has 1 amide bonds. The predicted molar refractivity (Wildman–Crippen MR) is 105 cm³/mol. The van der Waals surface area contributed by atoms with E-state index in [1.165, 1.54) is 17.1 Å². The molecule has 0 bridgehead atoms. The number of carbonyl (C=O) groups excluding carboxylic acids is 1. The number of benzene rings is 1. The summed E-state index contributed by atoms with van der Waals surface area (Å²) in [6.45, 7) is 2.18. The number of ether oxygens (including phenoxy) is 1. The molecule has 158 valence electrons. The Balaban J connectivity index is 1.45. The monoisotopic (exact) mass is 415 g/mol. The number of amides is 1. The molecule has 1 aromatic rings. The fourth-order valence-corrected chi connectivity index (χ4v) is 3.87. The van der Waals surface area contributed by atoms with Crippen molar-refractivity contribution in [3.8, 4) is 11.5 Å². The molecule has 4 rings (SSSR count). The number of nitrogens with zero attached hydrogens (tertiary/aromatic N) is 1. The van der Waals surface area contributed by atoms with Crippen LogP contribution < -0.4 is 9.39 Å². The van der Waals surface area contributed by atoms with Crippen molar-refractivity contribution in [1.29, 1.82) is 0 Å². The molecule has 2 atom stereocenters. The van der Waals surface area contributed by atoms with Gasteiger partial charge in [0, 0.05) is 11.5 Å². The predicted octanol–water partition coefficient (Wildman–Crippen LogP) is 0.769. The lowest BCUT2D eigenvalue weighted by Crippen LogP contribution is -2.57. The summed E-state index contributed by atoms with van der Waals surface area (Å²) in [5, 5.41) is 38.9. The second-order valence-electron chi connectivity index (χ2n) is 7.74. The molecule has 30 heavy (non-hydrogen) atoms. The number of likely N-dealkylation sites (tertiary alicyclic amines) is 1. The Morgan fingerprint density at radius 2 is 2.00 bits per heavy atom. The van der Waals surface area contributed by atoms with Gasteiger partial charge in [0.1, 0.15) is 35.0 Å². The highest BCUT2D eigenvalue weighted by Gasteiger charge is 2.39. The summed E-state index contributed by atoms with van der Waals surface area (Å²) in [4.78, 5) is 26.0. The molecule has 0 saturated carbocycles. The molecule has 1 fully saturated rings. The molecule has 9 nitrogen and oxygen atoms in total. The smallest absolute Gasteiger partial charge is 0.522 e. The van der Waals surface area contributed by atoms with Crippen LogP contribution >= 0.6 is 0 Å². The molecule has 0 spiro atoms. The minimum atomic E-state index is -1.22. The Morgan fingerprint density at radius 1 is 1.27 bits per heavy atom. The number of rotatable bonds is 4. The van der Waals surface area contributed by atoms with Gasteiger partial charge in [-0.3, -0.25) is 4.79 Å². The first-order valence-electron chi connectivity index (χ1n) is 9.75. The summed E-state index contributed by atoms with van der Waals surface area (Å²) < 4.78 is 11.2. The number of hydrogen-bond donors (Lipinski definition) is 4. The molecule has 2 aliphatic heterocycles. The summed E-state index contributed by atoms with van der Waals surface area (Å²) in [5.41, 5.74) is 0.952. The zero-order chi connectivity index (χ0) is 21.6. The molecule has 0 aromatic heterocycles. The van der Waals surface area contributed by atoms with Crippen molar-refractivity contribution in [2.24, 2.45) is 5.92 Å². The van der Waals surface area contributed by atoms with Crippen LogP contribution in [0.3, 0.4) is 0 Å². The van der Waals surface area contributed by atoms with Crippen LogP contribution in [0.4, 0.5) is 0 Å². The lowest BCUT2D eigenvalue weighted by atomic mass is 9.78. The van der Waals surface area contributed by atoms with Gasteiger partial charge in [-0.2, -0.15) is 0 Å². The summed E-state index contributed by atoms with van der Waals surface area (Å²) in [6.07, 6.45) is 2.19. The summed E-state index contributed by atoms with van der Waals surface area (Å²) in [7, 11) is -1.06. The van der Waals surface area contributed by atoms with Crippen LogP contribution in [0, 0.1) is 5.92 Å². The van der Waals surface area contributed by atoms with Gasteiger partial charge in [-0.05, 0) is 36.5 Å². The Labute approximate surface area is 173 Å². The Kier molecular flexibility index (Phi) is 5.21. The van der Waals surface area contributed by atoms with E-state index in [-0.39, 0.29) is 41.8 Å². The number of aliphatic hydroxyl groups excluding tert-OH is 2. The maximum absolute atomic E-state index is 12.7. The molecule has 10 heteroatoms. The van der Waals surface area contributed by atoms with Crippen LogP contribution in [0.25, 0.3) is 0 Å². The Morgan fingerprint density at radius 3 is 2.70 bits per heavy atom. The SMILES string of the molecule is CC1C(C(=O)N2CC(Oc3ccc4c(c3C(=O)O)OB(O)CC4)C2)=CC=C(O)C1O. The van der Waals surface area contributed by atoms with Gasteiger partial charge in [0.25, 0.3) is 0 Å². The third-order valence-electron chi connectivity index (χ3n) is 5.71. The van der Waals surface area contributed by atoms with Crippen molar-refractivity contribution < 1.29 is 39.3 Å². The van der Waals surface area contributed by atoms with Gasteiger partial charge in [-0.1, -0.05) is 13.0 Å². The molecule has 1 aliphatic carbocycles. The molecular formula is C20H22BNO8. The van der Waals surface area contributed by atoms with Crippen molar-refractivity contribution in [3.63, 3.8) is 0 Å². The van der Waals surface area contributed by atoms with E-state index in [9.17, 15) is 29.9 Å². The van der Waals surface area contributed by atoms with Gasteiger partial charge in [0.05, 0.1) is 13.1 Å². The highest BCUT2D eigenvalue weighted by atomic mass is 16.5. The van der Waals surface area contributed by atoms with Crippen LogP contribution in [-0.2, 0) is 11.2 Å². The van der Waals surface area contributed by atoms with Crippen molar-refractivity contribution in [2.75, 3.05) is 13.1 Å². The Hall–Kier alpha value is -2.98. The van der Waals surface area contributed by atoms with Gasteiger partial charge >= 0.3 is 13.1 Å². The minimum Gasteiger partial charge on any atom is -0.535 e.